The highest BCUT2D eigenvalue weighted by Crippen LogP contribution is 2.43. The second kappa shape index (κ2) is 10.2. The van der Waals surface area contributed by atoms with Crippen LogP contribution in [0.3, 0.4) is 0 Å². The molecule has 0 fully saturated rings. The molecule has 12 heteroatoms. The zero-order chi connectivity index (χ0) is 24.4. The Morgan fingerprint density at radius 2 is 2.03 bits per heavy atom. The molecular formula is C22H20BrCl2N5O4. The number of nitrogens with one attached hydrogen (secondary N) is 1. The number of rotatable bonds is 7. The van der Waals surface area contributed by atoms with E-state index in [1.807, 2.05) is 13.0 Å². The molecule has 178 valence electrons. The fourth-order valence-corrected chi connectivity index (χ4v) is 4.67. The van der Waals surface area contributed by atoms with Gasteiger partial charge in [-0.1, -0.05) is 34.4 Å². The van der Waals surface area contributed by atoms with Crippen LogP contribution in [0.25, 0.3) is 0 Å². The minimum Gasteiger partial charge on any atom is -0.490 e. The highest BCUT2D eigenvalue weighted by atomic mass is 79.9. The van der Waals surface area contributed by atoms with Crippen LogP contribution < -0.4 is 14.8 Å². The number of nitrogens with zero attached hydrogens (tertiary/aromatic N) is 4. The lowest BCUT2D eigenvalue weighted by atomic mass is 9.95. The Bertz CT molecular complexity index is 1280. The average molecular weight is 569 g/mol. The predicted octanol–water partition coefficient (Wildman–Crippen LogP) is 5.18. The summed E-state index contributed by atoms with van der Waals surface area (Å²) in [7, 11) is 1.33. The Labute approximate surface area is 214 Å². The fourth-order valence-electron chi connectivity index (χ4n) is 3.63. The van der Waals surface area contributed by atoms with E-state index in [0.29, 0.717) is 55.4 Å². The molecule has 0 saturated heterocycles. The van der Waals surface area contributed by atoms with Crippen LogP contribution >= 0.6 is 39.1 Å². The third-order valence-corrected chi connectivity index (χ3v) is 6.33. The summed E-state index contributed by atoms with van der Waals surface area (Å²) in [5.74, 6) is 0.875. The van der Waals surface area contributed by atoms with Crippen molar-refractivity contribution in [1.29, 1.82) is 0 Å². The largest absolute Gasteiger partial charge is 0.490 e. The number of tetrazole rings is 1. The number of benzene rings is 2. The summed E-state index contributed by atoms with van der Waals surface area (Å²) < 4.78 is 19.1. The molecule has 3 aromatic rings. The number of ether oxygens (including phenoxy) is 3. The number of anilines is 1. The summed E-state index contributed by atoms with van der Waals surface area (Å²) >= 11 is 15.9. The maximum absolute atomic E-state index is 12.7. The smallest absolute Gasteiger partial charge is 0.338 e. The molecule has 2 heterocycles. The first-order chi connectivity index (χ1) is 16.3. The monoisotopic (exact) mass is 567 g/mol. The van der Waals surface area contributed by atoms with Gasteiger partial charge in [-0.2, -0.15) is 4.68 Å². The highest BCUT2D eigenvalue weighted by Gasteiger charge is 2.35. The van der Waals surface area contributed by atoms with Crippen LogP contribution in [-0.4, -0.2) is 39.9 Å². The van der Waals surface area contributed by atoms with Gasteiger partial charge in [0.05, 0.1) is 23.8 Å². The predicted molar refractivity (Wildman–Crippen MR) is 130 cm³/mol. The van der Waals surface area contributed by atoms with Crippen LogP contribution in [0, 0.1) is 0 Å². The molecule has 0 spiro atoms. The van der Waals surface area contributed by atoms with Crippen molar-refractivity contribution in [1.82, 2.24) is 20.2 Å². The topological polar surface area (TPSA) is 100 Å². The first-order valence-corrected chi connectivity index (χ1v) is 11.8. The van der Waals surface area contributed by atoms with E-state index in [1.54, 1.807) is 31.2 Å². The molecule has 1 aliphatic rings. The van der Waals surface area contributed by atoms with Crippen LogP contribution in [0.5, 0.6) is 11.5 Å². The lowest BCUT2D eigenvalue weighted by Crippen LogP contribution is -2.29. The van der Waals surface area contributed by atoms with Gasteiger partial charge in [0, 0.05) is 21.3 Å². The molecule has 1 aliphatic heterocycles. The van der Waals surface area contributed by atoms with E-state index in [1.165, 1.54) is 11.8 Å². The summed E-state index contributed by atoms with van der Waals surface area (Å²) in [5, 5.41) is 15.9. The van der Waals surface area contributed by atoms with Crippen molar-refractivity contribution in [2.24, 2.45) is 0 Å². The van der Waals surface area contributed by atoms with E-state index in [0.717, 1.165) is 5.56 Å². The minimum atomic E-state index is -0.644. The van der Waals surface area contributed by atoms with E-state index in [9.17, 15) is 4.79 Å². The van der Waals surface area contributed by atoms with Gasteiger partial charge in [-0.15, -0.1) is 0 Å². The fraction of sp³-hybridized carbons (Fsp3) is 0.273. The van der Waals surface area contributed by atoms with Crippen molar-refractivity contribution in [3.63, 3.8) is 0 Å². The van der Waals surface area contributed by atoms with E-state index in [-0.39, 0.29) is 6.61 Å². The molecule has 4 rings (SSSR count). The summed E-state index contributed by atoms with van der Waals surface area (Å²) in [6.45, 7) is 4.23. The summed E-state index contributed by atoms with van der Waals surface area (Å²) in [4.78, 5) is 12.7. The van der Waals surface area contributed by atoms with Crippen molar-refractivity contribution in [3.8, 4) is 11.5 Å². The lowest BCUT2D eigenvalue weighted by molar-refractivity contribution is -0.136. The molecule has 1 atom stereocenters. The van der Waals surface area contributed by atoms with Crippen LogP contribution in [0.2, 0.25) is 10.0 Å². The first-order valence-electron chi connectivity index (χ1n) is 10.2. The van der Waals surface area contributed by atoms with Gasteiger partial charge in [0.15, 0.2) is 11.5 Å². The van der Waals surface area contributed by atoms with Crippen molar-refractivity contribution in [2.45, 2.75) is 26.5 Å². The van der Waals surface area contributed by atoms with Gasteiger partial charge in [-0.3, -0.25) is 0 Å². The normalized spacial score (nSPS) is 14.9. The van der Waals surface area contributed by atoms with Gasteiger partial charge in [0.25, 0.3) is 0 Å². The Morgan fingerprint density at radius 3 is 2.74 bits per heavy atom. The average Bonchev–Trinajstić information content (AvgIpc) is 3.26. The van der Waals surface area contributed by atoms with Gasteiger partial charge in [0.1, 0.15) is 12.6 Å². The number of methoxy groups -OCH3 is 1. The first kappa shape index (κ1) is 24.3. The molecule has 9 nitrogen and oxygen atoms in total. The number of hydrogen-bond donors (Lipinski definition) is 1. The molecule has 2 aromatic carbocycles. The van der Waals surface area contributed by atoms with Crippen molar-refractivity contribution < 1.29 is 19.0 Å². The Morgan fingerprint density at radius 1 is 1.24 bits per heavy atom. The second-order valence-corrected chi connectivity index (χ2v) is 8.99. The van der Waals surface area contributed by atoms with E-state index >= 15 is 0 Å². The zero-order valence-corrected chi connectivity index (χ0v) is 21.5. The van der Waals surface area contributed by atoms with Crippen molar-refractivity contribution in [3.05, 3.63) is 67.2 Å². The Balaban J connectivity index is 1.75. The summed E-state index contributed by atoms with van der Waals surface area (Å²) in [5.41, 5.74) is 2.43. The summed E-state index contributed by atoms with van der Waals surface area (Å²) in [6, 6.07) is 8.20. The molecule has 0 radical (unpaired) electrons. The number of aromatic nitrogens is 4. The lowest BCUT2D eigenvalue weighted by Gasteiger charge is -2.28. The van der Waals surface area contributed by atoms with E-state index in [4.69, 9.17) is 37.4 Å². The molecular weight excluding hydrogens is 549 g/mol. The quantitative estimate of drug-likeness (QED) is 0.389. The van der Waals surface area contributed by atoms with Crippen LogP contribution in [0.4, 0.5) is 5.95 Å². The number of hydrogen-bond acceptors (Lipinski definition) is 8. The number of allylic oxidation sites excluding steroid dienone is 1. The standard InChI is InChI=1S/C22H20BrCl2N5O4/c1-4-33-17-8-13(7-15(23)20(17)34-10-12-5-6-14(24)9-16(12)25)19-18(21(31)32-3)11(2)26-22-27-28-29-30(19)22/h5-9,19H,4,10H2,1-3H3,(H,26,27,29). The van der Waals surface area contributed by atoms with Crippen molar-refractivity contribution >= 4 is 51.0 Å². The molecule has 34 heavy (non-hydrogen) atoms. The molecule has 1 unspecified atom stereocenters. The molecule has 0 saturated carbocycles. The Kier molecular flexibility index (Phi) is 7.30. The maximum Gasteiger partial charge on any atom is 0.338 e. The van der Waals surface area contributed by atoms with Gasteiger partial charge in [-0.25, -0.2) is 4.79 Å². The zero-order valence-electron chi connectivity index (χ0n) is 18.4. The molecule has 1 aromatic heterocycles. The third-order valence-electron chi connectivity index (χ3n) is 5.15. The summed E-state index contributed by atoms with van der Waals surface area (Å²) in [6.07, 6.45) is 0. The number of fused-ring (bicyclic) bond motifs is 1. The second-order valence-electron chi connectivity index (χ2n) is 7.29. The van der Waals surface area contributed by atoms with E-state index < -0.39 is 12.0 Å². The van der Waals surface area contributed by atoms with Gasteiger partial charge >= 0.3 is 5.97 Å². The number of carbonyl (C=O) groups excluding carboxylic acids is 1. The Hall–Kier alpha value is -2.82. The van der Waals surface area contributed by atoms with Crippen LogP contribution in [0.15, 0.2) is 46.1 Å². The SMILES string of the molecule is CCOc1cc(C2C(C(=O)OC)=C(C)Nc3nnnn32)cc(Br)c1OCc1ccc(Cl)cc1Cl. The maximum atomic E-state index is 12.7. The number of carbonyl (C=O) groups is 1. The van der Waals surface area contributed by atoms with Crippen molar-refractivity contribution in [2.75, 3.05) is 19.0 Å². The molecule has 0 bridgehead atoms. The van der Waals surface area contributed by atoms with Gasteiger partial charge in [-0.05, 0) is 70.0 Å². The highest BCUT2D eigenvalue weighted by molar-refractivity contribution is 9.10. The minimum absolute atomic E-state index is 0.199. The molecule has 0 amide bonds. The van der Waals surface area contributed by atoms with Crippen LogP contribution in [0.1, 0.15) is 31.0 Å². The molecule has 1 N–H and O–H groups in total. The van der Waals surface area contributed by atoms with Gasteiger partial charge in [0.2, 0.25) is 5.95 Å². The van der Waals surface area contributed by atoms with Gasteiger partial charge < -0.3 is 19.5 Å². The third kappa shape index (κ3) is 4.70. The molecule has 0 aliphatic carbocycles. The van der Waals surface area contributed by atoms with E-state index in [2.05, 4.69) is 36.8 Å². The number of halogens is 3. The number of esters is 1. The van der Waals surface area contributed by atoms with Crippen LogP contribution in [-0.2, 0) is 16.1 Å².